The normalized spacial score (nSPS) is 21.5. The summed E-state index contributed by atoms with van der Waals surface area (Å²) in [7, 11) is -2.30. The van der Waals surface area contributed by atoms with Gasteiger partial charge in [-0.25, -0.2) is 13.1 Å². The highest BCUT2D eigenvalue weighted by Crippen LogP contribution is 2.34. The molecule has 126 valence electrons. The molecule has 1 saturated carbocycles. The Kier molecular flexibility index (Phi) is 7.23. The standard InChI is InChI=1S/C13H18Cl2N2O3S.ClH/c1-20-12-5-10(15)13(6-9(12)14)21(18,19)17-11-4-2-3-8(11)7-16;/h5-6,8,11,17H,2-4,7,16H2,1H3;1H. The van der Waals surface area contributed by atoms with E-state index in [-0.39, 0.29) is 39.3 Å². The Morgan fingerprint density at radius 3 is 2.59 bits per heavy atom. The third kappa shape index (κ3) is 4.19. The van der Waals surface area contributed by atoms with Crippen LogP contribution in [0.3, 0.4) is 0 Å². The summed E-state index contributed by atoms with van der Waals surface area (Å²) in [4.78, 5) is -0.0439. The van der Waals surface area contributed by atoms with Gasteiger partial charge in [-0.15, -0.1) is 12.4 Å². The number of hydrogen-bond acceptors (Lipinski definition) is 4. The zero-order valence-electron chi connectivity index (χ0n) is 12.0. The van der Waals surface area contributed by atoms with Gasteiger partial charge in [-0.05, 0) is 31.4 Å². The minimum Gasteiger partial charge on any atom is -0.495 e. The van der Waals surface area contributed by atoms with Crippen LogP contribution in [0.4, 0.5) is 0 Å². The van der Waals surface area contributed by atoms with E-state index in [1.807, 2.05) is 0 Å². The average Bonchev–Trinajstić information content (AvgIpc) is 2.87. The number of nitrogens with two attached hydrogens (primary N) is 1. The predicted octanol–water partition coefficient (Wildman–Crippen LogP) is 2.83. The maximum Gasteiger partial charge on any atom is 0.242 e. The third-order valence-corrected chi connectivity index (χ3v) is 6.01. The van der Waals surface area contributed by atoms with Gasteiger partial charge in [0, 0.05) is 12.1 Å². The lowest BCUT2D eigenvalue weighted by atomic mass is 10.1. The fourth-order valence-electron chi connectivity index (χ4n) is 2.61. The summed E-state index contributed by atoms with van der Waals surface area (Å²) < 4.78 is 32.7. The average molecular weight is 390 g/mol. The molecule has 0 heterocycles. The predicted molar refractivity (Wildman–Crippen MR) is 90.8 cm³/mol. The molecule has 2 atom stereocenters. The van der Waals surface area contributed by atoms with E-state index in [1.54, 1.807) is 0 Å². The van der Waals surface area contributed by atoms with E-state index in [9.17, 15) is 8.42 Å². The first-order valence-corrected chi connectivity index (χ1v) is 8.88. The summed E-state index contributed by atoms with van der Waals surface area (Å²) in [5.74, 6) is 0.494. The van der Waals surface area contributed by atoms with Gasteiger partial charge in [-0.1, -0.05) is 29.6 Å². The van der Waals surface area contributed by atoms with Crippen LogP contribution in [0.5, 0.6) is 5.75 Å². The quantitative estimate of drug-likeness (QED) is 0.811. The van der Waals surface area contributed by atoms with E-state index in [0.29, 0.717) is 12.3 Å². The van der Waals surface area contributed by atoms with Gasteiger partial charge in [0.2, 0.25) is 10.0 Å². The highest BCUT2D eigenvalue weighted by atomic mass is 35.5. The van der Waals surface area contributed by atoms with E-state index in [2.05, 4.69) is 4.72 Å². The van der Waals surface area contributed by atoms with Gasteiger partial charge >= 0.3 is 0 Å². The van der Waals surface area contributed by atoms with Gasteiger partial charge in [0.05, 0.1) is 17.2 Å². The first-order chi connectivity index (χ1) is 9.89. The number of methoxy groups -OCH3 is 1. The lowest BCUT2D eigenvalue weighted by Gasteiger charge is -2.20. The van der Waals surface area contributed by atoms with Crippen LogP contribution in [-0.4, -0.2) is 28.1 Å². The molecule has 0 saturated heterocycles. The topological polar surface area (TPSA) is 81.4 Å². The van der Waals surface area contributed by atoms with Crippen molar-refractivity contribution in [2.24, 2.45) is 11.7 Å². The smallest absolute Gasteiger partial charge is 0.242 e. The van der Waals surface area contributed by atoms with Crippen molar-refractivity contribution >= 4 is 45.6 Å². The molecular weight excluding hydrogens is 371 g/mol. The number of ether oxygens (including phenoxy) is 1. The van der Waals surface area contributed by atoms with Gasteiger partial charge in [0.15, 0.2) is 0 Å². The molecule has 2 unspecified atom stereocenters. The molecule has 0 radical (unpaired) electrons. The molecule has 1 aromatic rings. The number of hydrogen-bond donors (Lipinski definition) is 2. The molecule has 3 N–H and O–H groups in total. The fourth-order valence-corrected chi connectivity index (χ4v) is 4.80. The van der Waals surface area contributed by atoms with Crippen LogP contribution in [-0.2, 0) is 10.0 Å². The second kappa shape index (κ2) is 8.04. The number of benzene rings is 1. The first kappa shape index (κ1) is 19.8. The minimum atomic E-state index is -3.74. The van der Waals surface area contributed by atoms with Crippen molar-refractivity contribution in [1.29, 1.82) is 0 Å². The van der Waals surface area contributed by atoms with Gasteiger partial charge in [0.1, 0.15) is 10.6 Å². The molecule has 0 bridgehead atoms. The summed E-state index contributed by atoms with van der Waals surface area (Å²) in [5.41, 5.74) is 5.68. The Balaban J connectivity index is 0.00000242. The summed E-state index contributed by atoms with van der Waals surface area (Å²) in [5, 5.41) is 0.273. The number of nitrogens with one attached hydrogen (secondary N) is 1. The maximum atomic E-state index is 12.5. The van der Waals surface area contributed by atoms with E-state index < -0.39 is 10.0 Å². The fraction of sp³-hybridized carbons (Fsp3) is 0.538. The summed E-state index contributed by atoms with van der Waals surface area (Å²) >= 11 is 12.0. The Bertz CT molecular complexity index is 625. The van der Waals surface area contributed by atoms with Crippen LogP contribution >= 0.6 is 35.6 Å². The van der Waals surface area contributed by atoms with Crippen molar-refractivity contribution in [3.63, 3.8) is 0 Å². The highest BCUT2D eigenvalue weighted by Gasteiger charge is 2.31. The van der Waals surface area contributed by atoms with Crippen molar-refractivity contribution in [3.8, 4) is 5.75 Å². The van der Waals surface area contributed by atoms with Crippen molar-refractivity contribution in [1.82, 2.24) is 4.72 Å². The third-order valence-electron chi connectivity index (χ3n) is 3.76. The van der Waals surface area contributed by atoms with Crippen molar-refractivity contribution in [2.45, 2.75) is 30.2 Å². The molecule has 0 spiro atoms. The largest absolute Gasteiger partial charge is 0.495 e. The minimum absolute atomic E-state index is 0. The molecule has 5 nitrogen and oxygen atoms in total. The molecule has 0 aliphatic heterocycles. The molecule has 2 rings (SSSR count). The zero-order chi connectivity index (χ0) is 15.6. The van der Waals surface area contributed by atoms with Crippen LogP contribution in [0.2, 0.25) is 10.0 Å². The first-order valence-electron chi connectivity index (χ1n) is 6.64. The van der Waals surface area contributed by atoms with Gasteiger partial charge in [-0.2, -0.15) is 0 Å². The Labute approximate surface area is 147 Å². The molecule has 1 fully saturated rings. The van der Waals surface area contributed by atoms with Crippen molar-refractivity contribution in [3.05, 3.63) is 22.2 Å². The molecule has 1 aliphatic carbocycles. The summed E-state index contributed by atoms with van der Waals surface area (Å²) in [6.07, 6.45) is 2.68. The lowest BCUT2D eigenvalue weighted by molar-refractivity contribution is 0.414. The Hall–Kier alpha value is -0.240. The molecule has 1 aliphatic rings. The van der Waals surface area contributed by atoms with Crippen LogP contribution in [0.1, 0.15) is 19.3 Å². The molecular formula is C13H19Cl3N2O3S. The SMILES string of the molecule is COc1cc(Cl)c(S(=O)(=O)NC2CCCC2CN)cc1Cl.Cl. The monoisotopic (exact) mass is 388 g/mol. The van der Waals surface area contributed by atoms with E-state index in [1.165, 1.54) is 19.2 Å². The maximum absolute atomic E-state index is 12.5. The molecule has 0 amide bonds. The van der Waals surface area contributed by atoms with Crippen LogP contribution in [0.25, 0.3) is 0 Å². The van der Waals surface area contributed by atoms with E-state index in [0.717, 1.165) is 19.3 Å². The van der Waals surface area contributed by atoms with E-state index >= 15 is 0 Å². The van der Waals surface area contributed by atoms with Crippen molar-refractivity contribution in [2.75, 3.05) is 13.7 Å². The zero-order valence-corrected chi connectivity index (χ0v) is 15.2. The second-order valence-electron chi connectivity index (χ2n) is 5.07. The highest BCUT2D eigenvalue weighted by molar-refractivity contribution is 7.89. The van der Waals surface area contributed by atoms with Crippen molar-refractivity contribution < 1.29 is 13.2 Å². The van der Waals surface area contributed by atoms with Gasteiger partial charge in [0.25, 0.3) is 0 Å². The van der Waals surface area contributed by atoms with Crippen LogP contribution < -0.4 is 15.2 Å². The van der Waals surface area contributed by atoms with Crippen LogP contribution in [0.15, 0.2) is 17.0 Å². The lowest BCUT2D eigenvalue weighted by Crippen LogP contribution is -2.39. The van der Waals surface area contributed by atoms with Gasteiger partial charge in [-0.3, -0.25) is 0 Å². The summed E-state index contributed by atoms with van der Waals surface area (Å²) in [6, 6.07) is 2.54. The molecule has 0 aromatic heterocycles. The number of halogens is 3. The number of sulfonamides is 1. The molecule has 1 aromatic carbocycles. The van der Waals surface area contributed by atoms with Crippen LogP contribution in [0, 0.1) is 5.92 Å². The Morgan fingerprint density at radius 1 is 1.32 bits per heavy atom. The summed E-state index contributed by atoms with van der Waals surface area (Å²) in [6.45, 7) is 0.463. The molecule has 9 heteroatoms. The van der Waals surface area contributed by atoms with Gasteiger partial charge < -0.3 is 10.5 Å². The second-order valence-corrected chi connectivity index (χ2v) is 7.57. The van der Waals surface area contributed by atoms with E-state index in [4.69, 9.17) is 33.7 Å². The Morgan fingerprint density at radius 2 is 2.00 bits per heavy atom. The number of rotatable bonds is 5. The molecule has 22 heavy (non-hydrogen) atoms.